The topological polar surface area (TPSA) is 120 Å². The summed E-state index contributed by atoms with van der Waals surface area (Å²) in [6, 6.07) is 54.0. The molecule has 7 heterocycles. The molecule has 95 heavy (non-hydrogen) atoms. The maximum Gasteiger partial charge on any atom is 0.585 e. The molecule has 502 valence electrons. The normalized spacial score (nSPS) is 20.5. The van der Waals surface area contributed by atoms with Crippen LogP contribution in [0.15, 0.2) is 238 Å². The number of alkyl halides is 2. The van der Waals surface area contributed by atoms with Crippen molar-refractivity contribution >= 4 is 0 Å². The summed E-state index contributed by atoms with van der Waals surface area (Å²) in [6.45, 7) is 35.3. The predicted octanol–water partition coefficient (Wildman–Crippen LogP) is 21.3. The Morgan fingerprint density at radius 1 is 0.295 bits per heavy atom. The van der Waals surface area contributed by atoms with Gasteiger partial charge in [-0.2, -0.15) is 0 Å². The molecular weight excluding hydrogens is 1210 g/mol. The Bertz CT molecular complexity index is 3780. The van der Waals surface area contributed by atoms with Crippen molar-refractivity contribution in [3.63, 3.8) is 0 Å². The van der Waals surface area contributed by atoms with Gasteiger partial charge in [0.1, 0.15) is 69.1 Å². The van der Waals surface area contributed by atoms with Gasteiger partial charge in [0.25, 0.3) is 5.79 Å². The van der Waals surface area contributed by atoms with Crippen LogP contribution in [0.2, 0.25) is 0 Å². The van der Waals surface area contributed by atoms with Crippen molar-refractivity contribution in [1.29, 1.82) is 0 Å². The van der Waals surface area contributed by atoms with Crippen molar-refractivity contribution in [3.05, 3.63) is 272 Å². The highest BCUT2D eigenvalue weighted by atomic mass is 19.3. The molecule has 16 rings (SSSR count). The summed E-state index contributed by atoms with van der Waals surface area (Å²) in [5, 5.41) is 0. The van der Waals surface area contributed by atoms with E-state index >= 15 is 0 Å². The summed E-state index contributed by atoms with van der Waals surface area (Å²) in [5.41, 5.74) is 12.7. The molecule has 0 bridgehead atoms. The summed E-state index contributed by atoms with van der Waals surface area (Å²) in [4.78, 5) is 0. The van der Waals surface area contributed by atoms with Gasteiger partial charge in [0.15, 0.2) is 5.60 Å². The molecule has 0 atom stereocenters. The number of rotatable bonds is 2. The van der Waals surface area contributed by atoms with Crippen LogP contribution in [0.25, 0.3) is 22.3 Å². The number of hydrogen-bond acceptors (Lipinski definition) is 13. The highest BCUT2D eigenvalue weighted by Crippen LogP contribution is 2.64. The van der Waals surface area contributed by atoms with E-state index in [1.807, 2.05) is 156 Å². The first kappa shape index (κ1) is 68.6. The predicted molar refractivity (Wildman–Crippen MR) is 361 cm³/mol. The minimum Gasteiger partial charge on any atom is -0.482 e. The zero-order valence-corrected chi connectivity index (χ0v) is 58.1. The Balaban J connectivity index is 0.000000125. The molecule has 1 fully saturated rings. The molecular formula is C80H90F2O13. The maximum atomic E-state index is 12.0. The number of halogens is 2. The third kappa shape index (κ3) is 13.4. The summed E-state index contributed by atoms with van der Waals surface area (Å²) in [5.74, 6) is 7.91. The molecule has 3 spiro atoms. The van der Waals surface area contributed by atoms with Crippen LogP contribution in [-0.4, -0.2) is 24.7 Å². The molecule has 1 saturated carbocycles. The van der Waals surface area contributed by atoms with E-state index < -0.39 is 23.7 Å². The first-order chi connectivity index (χ1) is 45.0. The second kappa shape index (κ2) is 26.9. The lowest BCUT2D eigenvalue weighted by Crippen LogP contribution is -2.40. The minimum absolute atomic E-state index is 0.0558. The molecule has 15 heteroatoms. The lowest BCUT2D eigenvalue weighted by Gasteiger charge is -2.40. The first-order valence-electron chi connectivity index (χ1n) is 32.4. The Labute approximate surface area is 559 Å². The van der Waals surface area contributed by atoms with Crippen LogP contribution in [0.4, 0.5) is 8.78 Å². The Morgan fingerprint density at radius 3 is 0.905 bits per heavy atom. The van der Waals surface area contributed by atoms with Crippen molar-refractivity contribution in [2.75, 3.05) is 6.79 Å². The highest BCUT2D eigenvalue weighted by molar-refractivity contribution is 5.82. The van der Waals surface area contributed by atoms with Gasteiger partial charge in [-0.3, -0.25) is 0 Å². The Hall–Kier alpha value is -9.24. The summed E-state index contributed by atoms with van der Waals surface area (Å²) in [7, 11) is 0. The second-order valence-electron chi connectivity index (χ2n) is 25.8. The molecule has 0 N–H and O–H groups in total. The molecule has 0 amide bonds. The molecule has 7 aliphatic heterocycles. The lowest BCUT2D eigenvalue weighted by molar-refractivity contribution is -0.337. The molecule has 0 unspecified atom stereocenters. The maximum absolute atomic E-state index is 12.0. The van der Waals surface area contributed by atoms with Gasteiger partial charge in [-0.05, 0) is 138 Å². The molecule has 0 radical (unpaired) electrons. The monoisotopic (exact) mass is 1300 g/mol. The number of benzene rings is 6. The van der Waals surface area contributed by atoms with E-state index in [1.165, 1.54) is 65.6 Å². The van der Waals surface area contributed by atoms with Crippen molar-refractivity contribution in [2.45, 2.75) is 185 Å². The van der Waals surface area contributed by atoms with Crippen LogP contribution in [0.1, 0.15) is 184 Å². The molecule has 0 aromatic heterocycles. The minimum atomic E-state index is -3.44. The van der Waals surface area contributed by atoms with Crippen molar-refractivity contribution < 1.29 is 70.4 Å². The van der Waals surface area contributed by atoms with Gasteiger partial charge in [0.05, 0.1) is 5.76 Å². The summed E-state index contributed by atoms with van der Waals surface area (Å²) < 4.78 is 94.7. The van der Waals surface area contributed by atoms with Crippen LogP contribution < -0.4 is 0 Å². The van der Waals surface area contributed by atoms with Gasteiger partial charge in [0.2, 0.25) is 12.6 Å². The van der Waals surface area contributed by atoms with E-state index in [9.17, 15) is 8.78 Å². The third-order valence-electron chi connectivity index (χ3n) is 18.8. The number of allylic oxidation sites excluding steroid dienone is 13. The lowest BCUT2D eigenvalue weighted by atomic mass is 9.67. The SMILES string of the molecule is CC1=C(C)C(C)(C)C2(O1)c1ccccc1-c1ccccc12.CC1=C(C)OC(C)(C)O1.CC1=C(C)OC(F)(F)O1.CC1=C(C)OC(c2ccccc2)(c2ccccc2)O1.CC1=C(C)OC2(CCCC2)O1.CC1=C(C)OC2(O1)c1ccccc1-c1ccccc12.CC1=C(C)OCO1. The summed E-state index contributed by atoms with van der Waals surface area (Å²) >= 11 is 0. The van der Waals surface area contributed by atoms with Gasteiger partial charge in [-0.1, -0.05) is 172 Å². The molecule has 13 nitrogen and oxygen atoms in total. The van der Waals surface area contributed by atoms with E-state index in [4.69, 9.17) is 52.1 Å². The van der Waals surface area contributed by atoms with Gasteiger partial charge < -0.3 is 61.6 Å². The Kier molecular flexibility index (Phi) is 19.4. The smallest absolute Gasteiger partial charge is 0.482 e. The largest absolute Gasteiger partial charge is 0.585 e. The number of fused-ring (bicyclic) bond motifs is 10. The number of ether oxygens (including phenoxy) is 13. The zero-order chi connectivity index (χ0) is 68.5. The van der Waals surface area contributed by atoms with Crippen LogP contribution in [0.3, 0.4) is 0 Å². The average molecular weight is 1300 g/mol. The second-order valence-corrected chi connectivity index (χ2v) is 25.8. The van der Waals surface area contributed by atoms with Crippen molar-refractivity contribution in [2.24, 2.45) is 5.41 Å². The van der Waals surface area contributed by atoms with Crippen molar-refractivity contribution in [3.8, 4) is 22.3 Å². The van der Waals surface area contributed by atoms with Crippen LogP contribution in [0, 0.1) is 5.41 Å². The zero-order valence-electron chi connectivity index (χ0n) is 58.1. The van der Waals surface area contributed by atoms with Gasteiger partial charge in [-0.15, -0.1) is 8.78 Å². The fraction of sp³-hybridized carbons (Fsp3) is 0.375. The van der Waals surface area contributed by atoms with Gasteiger partial charge in [-0.25, -0.2) is 0 Å². The fourth-order valence-electron chi connectivity index (χ4n) is 13.1. The quantitative estimate of drug-likeness (QED) is 0.164. The third-order valence-corrected chi connectivity index (χ3v) is 18.8. The van der Waals surface area contributed by atoms with Gasteiger partial charge in [0, 0.05) is 65.5 Å². The van der Waals surface area contributed by atoms with Crippen LogP contribution in [0.5, 0.6) is 0 Å². The van der Waals surface area contributed by atoms with Gasteiger partial charge >= 0.3 is 17.9 Å². The van der Waals surface area contributed by atoms with E-state index in [1.54, 1.807) is 0 Å². The van der Waals surface area contributed by atoms with Crippen molar-refractivity contribution in [1.82, 2.24) is 0 Å². The van der Waals surface area contributed by atoms with Crippen LogP contribution >= 0.6 is 0 Å². The average Bonchev–Trinajstić information content (AvgIpc) is 1.53. The standard InChI is InChI=1S/C20H20O.C17H14O2.C17H16O2.C9H14O2.C7H12O2.C5H6F2O2.C5H8O2/c1-13-14(2)21-20(19(13,3)4)17-11-7-5-9-15(17)16-10-6-8-12-18(16)20;1-11-12(2)19-17(18-11)15-9-5-3-7-13(15)14-8-4-6-10-16(14)17;1-13-14(2)19-17(18-13,15-9-5-3-6-10-15)16-11-7-4-8-12-16;1-7-8(2)11-9(10-7)5-3-4-6-9;1-5-6(2)9-7(3,4)8-5;1-3-4(2)9-5(6,7)8-3;1-4-5(2)7-3-6-4/h5-12H,1-4H3;3-10H,1-2H3;3-12H,1-2H3;3-6H2,1-2H3;1-4H3;1-2H3;3H2,1-2H3. The molecule has 0 saturated heterocycles. The molecule has 6 aromatic carbocycles. The van der Waals surface area contributed by atoms with E-state index in [2.05, 4.69) is 122 Å². The van der Waals surface area contributed by atoms with E-state index in [0.717, 1.165) is 98.4 Å². The Morgan fingerprint density at radius 2 is 0.600 bits per heavy atom. The molecule has 3 aliphatic carbocycles. The fourth-order valence-corrected chi connectivity index (χ4v) is 13.1. The van der Waals surface area contributed by atoms with E-state index in [-0.39, 0.29) is 28.3 Å². The van der Waals surface area contributed by atoms with E-state index in [0.29, 0.717) is 6.79 Å². The molecule has 6 aromatic rings. The molecule has 10 aliphatic rings. The first-order valence-corrected chi connectivity index (χ1v) is 32.4. The van der Waals surface area contributed by atoms with Crippen LogP contribution in [-0.2, 0) is 78.8 Å². The number of hydrogen-bond donors (Lipinski definition) is 0. The highest BCUT2D eigenvalue weighted by Gasteiger charge is 2.60. The summed E-state index contributed by atoms with van der Waals surface area (Å²) in [6.07, 6.45) is 1.15.